The summed E-state index contributed by atoms with van der Waals surface area (Å²) in [5.74, 6) is -1.74. The fourth-order valence-corrected chi connectivity index (χ4v) is 3.69. The highest BCUT2D eigenvalue weighted by molar-refractivity contribution is 7.80. The number of halogens is 1. The zero-order valence-corrected chi connectivity index (χ0v) is 20.5. The van der Waals surface area contributed by atoms with Gasteiger partial charge >= 0.3 is 17.9 Å². The lowest BCUT2D eigenvalue weighted by atomic mass is 9.85. The third kappa shape index (κ3) is 7.59. The van der Waals surface area contributed by atoms with Crippen molar-refractivity contribution < 1.29 is 19.1 Å². The Bertz CT molecular complexity index is 857. The molecule has 1 heterocycles. The van der Waals surface area contributed by atoms with E-state index in [0.29, 0.717) is 17.9 Å². The highest BCUT2D eigenvalue weighted by Crippen LogP contribution is 2.29. The third-order valence-electron chi connectivity index (χ3n) is 4.79. The Labute approximate surface area is 198 Å². The molecular weight excluding hydrogens is 454 g/mol. The van der Waals surface area contributed by atoms with Crippen LogP contribution in [-0.2, 0) is 14.3 Å². The molecule has 2 atom stereocenters. The molecule has 2 N–H and O–H groups in total. The number of nitrogens with one attached hydrogen (secondary N) is 2. The van der Waals surface area contributed by atoms with Gasteiger partial charge in [-0.3, -0.25) is 15.0 Å². The second kappa shape index (κ2) is 10.9. The summed E-state index contributed by atoms with van der Waals surface area (Å²) < 4.78 is 5.48. The molecule has 1 fully saturated rings. The van der Waals surface area contributed by atoms with Crippen LogP contribution in [0.2, 0.25) is 5.02 Å². The molecule has 0 aliphatic heterocycles. The molecule has 1 aliphatic rings. The van der Waals surface area contributed by atoms with Crippen molar-refractivity contribution in [2.75, 3.05) is 19.4 Å². The second-order valence-corrected chi connectivity index (χ2v) is 9.71. The molecule has 0 bridgehead atoms. The lowest BCUT2D eigenvalue weighted by molar-refractivity contribution is -0.140. The summed E-state index contributed by atoms with van der Waals surface area (Å²) in [6.45, 7) is 5.19. The number of aromatic nitrogens is 1. The van der Waals surface area contributed by atoms with Gasteiger partial charge in [0.25, 0.3) is 0 Å². The summed E-state index contributed by atoms with van der Waals surface area (Å²) in [4.78, 5) is 44.5. The van der Waals surface area contributed by atoms with Crippen LogP contribution in [-0.4, -0.2) is 63.5 Å². The fourth-order valence-electron chi connectivity index (χ4n) is 3.37. The quantitative estimate of drug-likeness (QED) is 0.385. The molecule has 3 amide bonds. The van der Waals surface area contributed by atoms with Crippen molar-refractivity contribution in [3.63, 3.8) is 0 Å². The summed E-state index contributed by atoms with van der Waals surface area (Å²) in [7, 11) is 3.77. The molecule has 0 aromatic carbocycles. The maximum Gasteiger partial charge on any atom is 0.429 e. The van der Waals surface area contributed by atoms with E-state index in [1.165, 1.54) is 18.3 Å². The molecule has 1 saturated carbocycles. The predicted molar refractivity (Wildman–Crippen MR) is 126 cm³/mol. The number of carbonyl (C=O) groups is 3. The molecule has 0 saturated heterocycles. The average molecular weight is 484 g/mol. The highest BCUT2D eigenvalue weighted by atomic mass is 35.5. The van der Waals surface area contributed by atoms with Gasteiger partial charge in [-0.25, -0.2) is 14.8 Å². The Morgan fingerprint density at radius 2 is 1.88 bits per heavy atom. The first-order valence-electron chi connectivity index (χ1n) is 10.3. The van der Waals surface area contributed by atoms with Crippen molar-refractivity contribution in [3.05, 3.63) is 23.4 Å². The first kappa shape index (κ1) is 25.8. The second-order valence-electron chi connectivity index (χ2n) is 8.86. The minimum atomic E-state index is -1.01. The zero-order chi connectivity index (χ0) is 24.1. The maximum atomic E-state index is 12.9. The van der Waals surface area contributed by atoms with Gasteiger partial charge in [-0.1, -0.05) is 30.2 Å². The molecule has 1 aliphatic carbocycles. The molecule has 1 unspecified atom stereocenters. The first-order valence-corrected chi connectivity index (χ1v) is 11.1. The smallest absolute Gasteiger partial charge is 0.429 e. The molecule has 11 heteroatoms. The number of amides is 3. The number of hydrogen-bond donors (Lipinski definition) is 2. The van der Waals surface area contributed by atoms with E-state index in [2.05, 4.69) is 15.7 Å². The SMILES string of the molecule is CN(C)C(=S)[C@H]1CCCC(N(NC(=O)C(=O)Nc2ccc(Cl)cn2)C(=O)OC(C)(C)C)C1. The van der Waals surface area contributed by atoms with E-state index in [1.807, 2.05) is 19.0 Å². The summed E-state index contributed by atoms with van der Waals surface area (Å²) in [5.41, 5.74) is 1.65. The van der Waals surface area contributed by atoms with E-state index in [1.54, 1.807) is 20.8 Å². The number of rotatable bonds is 3. The number of ether oxygens (including phenoxy) is 1. The predicted octanol–water partition coefficient (Wildman–Crippen LogP) is 3.39. The Morgan fingerprint density at radius 3 is 2.44 bits per heavy atom. The molecule has 1 aromatic heterocycles. The molecule has 0 spiro atoms. The summed E-state index contributed by atoms with van der Waals surface area (Å²) in [5, 5.41) is 3.89. The van der Waals surface area contributed by atoms with E-state index < -0.39 is 23.5 Å². The Morgan fingerprint density at radius 1 is 1.19 bits per heavy atom. The van der Waals surface area contributed by atoms with E-state index in [4.69, 9.17) is 28.6 Å². The van der Waals surface area contributed by atoms with Crippen molar-refractivity contribution >= 4 is 52.5 Å². The van der Waals surface area contributed by atoms with E-state index in [9.17, 15) is 14.4 Å². The minimum Gasteiger partial charge on any atom is -0.442 e. The van der Waals surface area contributed by atoms with Gasteiger partial charge in [0.2, 0.25) is 0 Å². The van der Waals surface area contributed by atoms with Gasteiger partial charge < -0.3 is 15.0 Å². The van der Waals surface area contributed by atoms with Crippen LogP contribution in [0.25, 0.3) is 0 Å². The normalized spacial score (nSPS) is 18.3. The monoisotopic (exact) mass is 483 g/mol. The number of nitrogens with zero attached hydrogens (tertiary/aromatic N) is 3. The van der Waals surface area contributed by atoms with E-state index in [-0.39, 0.29) is 17.8 Å². The van der Waals surface area contributed by atoms with Crippen molar-refractivity contribution in [1.82, 2.24) is 20.3 Å². The zero-order valence-electron chi connectivity index (χ0n) is 19.0. The van der Waals surface area contributed by atoms with Gasteiger partial charge in [0.05, 0.1) is 16.1 Å². The topological polar surface area (TPSA) is 104 Å². The van der Waals surface area contributed by atoms with E-state index in [0.717, 1.165) is 22.8 Å². The van der Waals surface area contributed by atoms with Gasteiger partial charge in [-0.15, -0.1) is 0 Å². The van der Waals surface area contributed by atoms with E-state index >= 15 is 0 Å². The minimum absolute atomic E-state index is 0.0766. The molecule has 2 rings (SSSR count). The van der Waals surface area contributed by atoms with Crippen LogP contribution in [0, 0.1) is 5.92 Å². The van der Waals surface area contributed by atoms with Crippen molar-refractivity contribution in [1.29, 1.82) is 0 Å². The molecule has 0 radical (unpaired) electrons. The lowest BCUT2D eigenvalue weighted by Crippen LogP contribution is -2.57. The van der Waals surface area contributed by atoms with Crippen LogP contribution < -0.4 is 10.7 Å². The summed E-state index contributed by atoms with van der Waals surface area (Å²) in [6, 6.07) is 2.63. The Hall–Kier alpha value is -2.46. The standard InChI is InChI=1S/C21H30ClN5O4S/c1-21(2,3)31-20(30)27(15-8-6-7-13(11-15)19(32)26(4)5)25-18(29)17(28)24-16-10-9-14(22)12-23-16/h9-10,12-13,15H,6-8,11H2,1-5H3,(H,25,29)(H,23,24,28)/t13-,15?/m0/s1. The molecule has 1 aromatic rings. The number of pyridine rings is 1. The number of hydrogen-bond acceptors (Lipinski definition) is 6. The average Bonchev–Trinajstić information content (AvgIpc) is 2.71. The van der Waals surface area contributed by atoms with Crippen LogP contribution in [0.15, 0.2) is 18.3 Å². The van der Waals surface area contributed by atoms with Crippen molar-refractivity contribution in [3.8, 4) is 0 Å². The van der Waals surface area contributed by atoms with Crippen molar-refractivity contribution in [2.45, 2.75) is 58.1 Å². The van der Waals surface area contributed by atoms with Crippen LogP contribution in [0.4, 0.5) is 10.6 Å². The molecule has 9 nitrogen and oxygen atoms in total. The number of hydrazine groups is 1. The van der Waals surface area contributed by atoms with Gasteiger partial charge in [0, 0.05) is 26.2 Å². The van der Waals surface area contributed by atoms with Gasteiger partial charge in [-0.05, 0) is 52.2 Å². The fraction of sp³-hybridized carbons (Fsp3) is 0.571. The molecule has 176 valence electrons. The number of anilines is 1. The Balaban J connectivity index is 2.16. The van der Waals surface area contributed by atoms with Crippen LogP contribution >= 0.6 is 23.8 Å². The summed E-state index contributed by atoms with van der Waals surface area (Å²) >= 11 is 11.3. The lowest BCUT2D eigenvalue weighted by Gasteiger charge is -2.38. The van der Waals surface area contributed by atoms with Gasteiger partial charge in [-0.2, -0.15) is 0 Å². The molecule has 32 heavy (non-hydrogen) atoms. The van der Waals surface area contributed by atoms with Gasteiger partial charge in [0.1, 0.15) is 11.4 Å². The molecular formula is C21H30ClN5O4S. The summed E-state index contributed by atoms with van der Waals surface area (Å²) in [6.07, 6.45) is 3.53. The van der Waals surface area contributed by atoms with Crippen LogP contribution in [0.5, 0.6) is 0 Å². The van der Waals surface area contributed by atoms with Gasteiger partial charge in [0.15, 0.2) is 0 Å². The van der Waals surface area contributed by atoms with Crippen molar-refractivity contribution in [2.24, 2.45) is 5.92 Å². The van der Waals surface area contributed by atoms with Crippen LogP contribution in [0.1, 0.15) is 46.5 Å². The first-order chi connectivity index (χ1) is 14.9. The number of carbonyl (C=O) groups excluding carboxylic acids is 3. The Kier molecular flexibility index (Phi) is 8.80. The highest BCUT2D eigenvalue weighted by Gasteiger charge is 2.36. The number of thiocarbonyl (C=S) groups is 1. The third-order valence-corrected chi connectivity index (χ3v) is 5.71. The largest absolute Gasteiger partial charge is 0.442 e. The van der Waals surface area contributed by atoms with Crippen LogP contribution in [0.3, 0.4) is 0 Å². The maximum absolute atomic E-state index is 12.9.